The van der Waals surface area contributed by atoms with Crippen LogP contribution in [0.2, 0.25) is 0 Å². The Morgan fingerprint density at radius 1 is 1.43 bits per heavy atom. The summed E-state index contributed by atoms with van der Waals surface area (Å²) in [6, 6.07) is 0. The summed E-state index contributed by atoms with van der Waals surface area (Å²) in [7, 11) is -3.12. The number of hydrogen-bond donors (Lipinski definition) is 1. The number of sulfonamides is 1. The third-order valence-corrected chi connectivity index (χ3v) is 5.94. The van der Waals surface area contributed by atoms with Gasteiger partial charge in [-0.15, -0.1) is 0 Å². The maximum atomic E-state index is 11.9. The molecule has 1 rings (SSSR count). The molecular weight excluding hydrogens is 268 g/mol. The van der Waals surface area contributed by atoms with Gasteiger partial charge in [0.1, 0.15) is 4.16 Å². The molecule has 4 nitrogen and oxygen atoms in total. The molecule has 0 amide bonds. The van der Waals surface area contributed by atoms with Gasteiger partial charge in [0.15, 0.2) is 0 Å². The van der Waals surface area contributed by atoms with E-state index < -0.39 is 14.2 Å². The van der Waals surface area contributed by atoms with E-state index in [2.05, 4.69) is 21.2 Å². The summed E-state index contributed by atoms with van der Waals surface area (Å²) in [5.41, 5.74) is 0. The van der Waals surface area contributed by atoms with Crippen LogP contribution in [0, 0.1) is 0 Å². The van der Waals surface area contributed by atoms with Crippen molar-refractivity contribution in [1.82, 2.24) is 9.62 Å². The second-order valence-electron chi connectivity index (χ2n) is 3.37. The highest BCUT2D eigenvalue weighted by Gasteiger charge is 2.31. The van der Waals surface area contributed by atoms with Crippen molar-refractivity contribution >= 4 is 26.0 Å². The van der Waals surface area contributed by atoms with Crippen molar-refractivity contribution in [3.8, 4) is 0 Å². The molecule has 1 saturated heterocycles. The van der Waals surface area contributed by atoms with Crippen LogP contribution in [0.1, 0.15) is 19.8 Å². The predicted molar refractivity (Wildman–Crippen MR) is 61.0 cm³/mol. The van der Waals surface area contributed by atoms with E-state index in [1.165, 1.54) is 0 Å². The lowest BCUT2D eigenvalue weighted by Crippen LogP contribution is -2.39. The van der Waals surface area contributed by atoms with E-state index in [1.807, 2.05) is 6.92 Å². The predicted octanol–water partition coefficient (Wildman–Crippen LogP) is 0.743. The zero-order chi connectivity index (χ0) is 10.6. The monoisotopic (exact) mass is 284 g/mol. The van der Waals surface area contributed by atoms with Gasteiger partial charge in [-0.1, -0.05) is 22.9 Å². The van der Waals surface area contributed by atoms with Crippen LogP contribution < -0.4 is 5.32 Å². The van der Waals surface area contributed by atoms with Gasteiger partial charge in [-0.2, -0.15) is 0 Å². The summed E-state index contributed by atoms with van der Waals surface area (Å²) in [5.74, 6) is 0. The van der Waals surface area contributed by atoms with Gasteiger partial charge in [0.2, 0.25) is 10.0 Å². The van der Waals surface area contributed by atoms with Crippen molar-refractivity contribution < 1.29 is 8.42 Å². The number of hydrogen-bond acceptors (Lipinski definition) is 3. The Hall–Kier alpha value is 0.350. The smallest absolute Gasteiger partial charge is 0.228 e. The molecule has 1 fully saturated rings. The van der Waals surface area contributed by atoms with Gasteiger partial charge in [0.05, 0.1) is 0 Å². The van der Waals surface area contributed by atoms with Crippen LogP contribution >= 0.6 is 15.9 Å². The summed E-state index contributed by atoms with van der Waals surface area (Å²) in [4.78, 5) is 0. The van der Waals surface area contributed by atoms with Crippen molar-refractivity contribution in [3.63, 3.8) is 0 Å². The molecule has 1 unspecified atom stereocenters. The minimum Gasteiger partial charge on any atom is -0.315 e. The molecule has 0 radical (unpaired) electrons. The average Bonchev–Trinajstić information content (AvgIpc) is 2.67. The number of alkyl halides is 1. The first-order valence-corrected chi connectivity index (χ1v) is 7.34. The fourth-order valence-electron chi connectivity index (χ4n) is 1.47. The molecule has 0 bridgehead atoms. The number of nitrogens with zero attached hydrogens (tertiary/aromatic N) is 1. The maximum absolute atomic E-state index is 11.9. The van der Waals surface area contributed by atoms with Crippen LogP contribution in [-0.2, 0) is 10.0 Å². The fraction of sp³-hybridized carbons (Fsp3) is 1.00. The topological polar surface area (TPSA) is 49.4 Å². The van der Waals surface area contributed by atoms with Crippen LogP contribution in [0.4, 0.5) is 0 Å². The van der Waals surface area contributed by atoms with Gasteiger partial charge in [-0.25, -0.2) is 12.7 Å². The highest BCUT2D eigenvalue weighted by molar-refractivity contribution is 9.11. The number of halogens is 1. The Labute approximate surface area is 94.2 Å². The molecule has 0 aromatic rings. The molecule has 84 valence electrons. The van der Waals surface area contributed by atoms with Crippen molar-refractivity contribution in [1.29, 1.82) is 0 Å². The van der Waals surface area contributed by atoms with E-state index in [4.69, 9.17) is 0 Å². The Morgan fingerprint density at radius 2 is 2.00 bits per heavy atom. The third kappa shape index (κ3) is 2.92. The number of nitrogens with one attached hydrogen (secondary N) is 1. The van der Waals surface area contributed by atoms with Crippen LogP contribution in [-0.4, -0.2) is 43.1 Å². The van der Waals surface area contributed by atoms with E-state index in [1.54, 1.807) is 4.31 Å². The average molecular weight is 285 g/mol. The zero-order valence-corrected chi connectivity index (χ0v) is 10.8. The number of rotatable bonds is 5. The lowest BCUT2D eigenvalue weighted by Gasteiger charge is -2.19. The summed E-state index contributed by atoms with van der Waals surface area (Å²) in [6.45, 7) is 4.57. The first-order valence-electron chi connectivity index (χ1n) is 4.92. The van der Waals surface area contributed by atoms with Gasteiger partial charge in [0, 0.05) is 19.6 Å². The van der Waals surface area contributed by atoms with Gasteiger partial charge < -0.3 is 5.32 Å². The maximum Gasteiger partial charge on any atom is 0.228 e. The molecule has 1 heterocycles. The fourth-order valence-corrected chi connectivity index (χ4v) is 3.82. The SMILES string of the molecule is CCNCC(Br)S(=O)(=O)N1CCCC1. The minimum absolute atomic E-state index is 0.468. The Morgan fingerprint density at radius 3 is 2.50 bits per heavy atom. The van der Waals surface area contributed by atoms with Crippen LogP contribution in [0.3, 0.4) is 0 Å². The lowest BCUT2D eigenvalue weighted by atomic mass is 10.4. The lowest BCUT2D eigenvalue weighted by molar-refractivity contribution is 0.473. The second kappa shape index (κ2) is 5.44. The quantitative estimate of drug-likeness (QED) is 0.758. The Bertz CT molecular complexity index is 263. The highest BCUT2D eigenvalue weighted by atomic mass is 79.9. The van der Waals surface area contributed by atoms with Gasteiger partial charge in [-0.05, 0) is 19.4 Å². The molecule has 0 saturated carbocycles. The van der Waals surface area contributed by atoms with Gasteiger partial charge in [0.25, 0.3) is 0 Å². The van der Waals surface area contributed by atoms with Crippen LogP contribution in [0.5, 0.6) is 0 Å². The zero-order valence-electron chi connectivity index (χ0n) is 8.37. The molecule has 1 N–H and O–H groups in total. The molecule has 6 heteroatoms. The summed E-state index contributed by atoms with van der Waals surface area (Å²) >= 11 is 3.22. The van der Waals surface area contributed by atoms with Crippen LogP contribution in [0.15, 0.2) is 0 Å². The molecule has 1 aliphatic heterocycles. The molecule has 1 aliphatic rings. The third-order valence-electron chi connectivity index (χ3n) is 2.30. The van der Waals surface area contributed by atoms with E-state index >= 15 is 0 Å². The summed E-state index contributed by atoms with van der Waals surface area (Å²) < 4.78 is 24.8. The van der Waals surface area contributed by atoms with Gasteiger partial charge >= 0.3 is 0 Å². The second-order valence-corrected chi connectivity index (χ2v) is 7.20. The first kappa shape index (κ1) is 12.4. The van der Waals surface area contributed by atoms with E-state index in [-0.39, 0.29) is 0 Å². The largest absolute Gasteiger partial charge is 0.315 e. The Kier molecular flexibility index (Phi) is 4.82. The van der Waals surface area contributed by atoms with Crippen molar-refractivity contribution in [2.45, 2.75) is 23.9 Å². The minimum atomic E-state index is -3.12. The summed E-state index contributed by atoms with van der Waals surface area (Å²) in [6.07, 6.45) is 1.97. The van der Waals surface area contributed by atoms with Crippen molar-refractivity contribution in [3.05, 3.63) is 0 Å². The van der Waals surface area contributed by atoms with E-state index in [0.717, 1.165) is 19.4 Å². The first-order chi connectivity index (χ1) is 6.59. The van der Waals surface area contributed by atoms with Crippen molar-refractivity contribution in [2.75, 3.05) is 26.2 Å². The molecule has 0 aromatic carbocycles. The molecule has 14 heavy (non-hydrogen) atoms. The van der Waals surface area contributed by atoms with Gasteiger partial charge in [-0.3, -0.25) is 0 Å². The Balaban J connectivity index is 2.54. The molecular formula is C8H17BrN2O2S. The summed E-state index contributed by atoms with van der Waals surface area (Å²) in [5, 5.41) is 3.02. The van der Waals surface area contributed by atoms with Crippen LogP contribution in [0.25, 0.3) is 0 Å². The highest BCUT2D eigenvalue weighted by Crippen LogP contribution is 2.19. The van der Waals surface area contributed by atoms with Crippen molar-refractivity contribution in [2.24, 2.45) is 0 Å². The molecule has 1 atom stereocenters. The normalized spacial score (nSPS) is 21.3. The molecule has 0 spiro atoms. The van der Waals surface area contributed by atoms with E-state index in [0.29, 0.717) is 19.6 Å². The molecule has 0 aromatic heterocycles. The van der Waals surface area contributed by atoms with E-state index in [9.17, 15) is 8.42 Å². The standard InChI is InChI=1S/C8H17BrN2O2S/c1-2-10-7-8(9)14(12,13)11-5-3-4-6-11/h8,10H,2-7H2,1H3. The molecule has 0 aliphatic carbocycles.